The molecular weight excluding hydrogens is 296 g/mol. The molecule has 0 saturated carbocycles. The molecule has 6 heteroatoms. The normalized spacial score (nSPS) is 20.3. The van der Waals surface area contributed by atoms with Gasteiger partial charge in [-0.05, 0) is 53.1 Å². The Morgan fingerprint density at radius 3 is 2.36 bits per heavy atom. The number of allylic oxidation sites excluding steroid dienone is 1. The summed E-state index contributed by atoms with van der Waals surface area (Å²) in [4.78, 5) is 9.00. The molecule has 0 spiro atoms. The maximum absolute atomic E-state index is 9.00. The van der Waals surface area contributed by atoms with E-state index in [4.69, 9.17) is 14.3 Å². The van der Waals surface area contributed by atoms with E-state index in [9.17, 15) is 0 Å². The van der Waals surface area contributed by atoms with E-state index in [1.165, 1.54) is 25.0 Å². The molecule has 1 saturated heterocycles. The van der Waals surface area contributed by atoms with Crippen LogP contribution in [-0.4, -0.2) is 44.8 Å². The summed E-state index contributed by atoms with van der Waals surface area (Å²) < 4.78 is 5.58. The summed E-state index contributed by atoms with van der Waals surface area (Å²) >= 11 is 0. The molecule has 1 unspecified atom stereocenters. The molecule has 1 aliphatic heterocycles. The summed E-state index contributed by atoms with van der Waals surface area (Å²) in [6, 6.07) is 0.655. The fourth-order valence-corrected chi connectivity index (χ4v) is 3.86. The first-order chi connectivity index (χ1) is 10.1. The molecule has 3 N–H and O–H groups in total. The number of fused-ring (bicyclic) bond motifs is 1. The van der Waals surface area contributed by atoms with E-state index in [0.29, 0.717) is 6.04 Å². The summed E-state index contributed by atoms with van der Waals surface area (Å²) in [5, 5.41) is 14.3. The van der Waals surface area contributed by atoms with Crippen molar-refractivity contribution in [3.63, 3.8) is 0 Å². The molecule has 1 aliphatic carbocycles. The lowest BCUT2D eigenvalue weighted by Crippen LogP contribution is -2.47. The molecule has 1 heterocycles. The van der Waals surface area contributed by atoms with Crippen LogP contribution in [0.25, 0.3) is 0 Å². The second-order valence-corrected chi connectivity index (χ2v) is 9.16. The van der Waals surface area contributed by atoms with Gasteiger partial charge < -0.3 is 20.2 Å². The first-order valence-electron chi connectivity index (χ1n) is 8.16. The van der Waals surface area contributed by atoms with E-state index in [2.05, 4.69) is 50.6 Å². The van der Waals surface area contributed by atoms with Gasteiger partial charge in [-0.3, -0.25) is 4.79 Å². The molecule has 2 aliphatic rings. The van der Waals surface area contributed by atoms with E-state index in [0.717, 1.165) is 20.0 Å². The van der Waals surface area contributed by atoms with Crippen LogP contribution in [0, 0.1) is 0 Å². The van der Waals surface area contributed by atoms with Gasteiger partial charge in [-0.1, -0.05) is 6.08 Å². The second-order valence-electron chi connectivity index (χ2n) is 6.82. The third-order valence-electron chi connectivity index (χ3n) is 2.87. The van der Waals surface area contributed by atoms with Gasteiger partial charge in [0.15, 0.2) is 9.04 Å². The highest BCUT2D eigenvalue weighted by Gasteiger charge is 2.19. The van der Waals surface area contributed by atoms with Crippen molar-refractivity contribution < 1.29 is 14.3 Å². The lowest BCUT2D eigenvalue weighted by Gasteiger charge is -2.30. The Kier molecular flexibility index (Phi) is 10.4. The highest BCUT2D eigenvalue weighted by atomic mass is 28.3. The van der Waals surface area contributed by atoms with E-state index in [-0.39, 0.29) is 5.60 Å². The summed E-state index contributed by atoms with van der Waals surface area (Å²) in [5.41, 5.74) is 1.53. The minimum absolute atomic E-state index is 0.0837. The quantitative estimate of drug-likeness (QED) is 0.644. The van der Waals surface area contributed by atoms with Gasteiger partial charge in [0.05, 0.1) is 0 Å². The SMILES string of the molecule is C1=C2NCCNC2CCC1.CC(=O)O.C[SiH](C)OC(C)(C)C. The van der Waals surface area contributed by atoms with Crippen molar-refractivity contribution in [1.82, 2.24) is 10.6 Å². The van der Waals surface area contributed by atoms with Crippen LogP contribution in [0.4, 0.5) is 0 Å². The fraction of sp³-hybridized carbons (Fsp3) is 0.812. The van der Waals surface area contributed by atoms with Crippen LogP contribution in [-0.2, 0) is 9.22 Å². The molecule has 2 rings (SSSR count). The van der Waals surface area contributed by atoms with E-state index in [1.807, 2.05) is 0 Å². The van der Waals surface area contributed by atoms with Crippen LogP contribution >= 0.6 is 0 Å². The maximum atomic E-state index is 9.00. The molecule has 1 fully saturated rings. The van der Waals surface area contributed by atoms with Gasteiger partial charge in [0, 0.05) is 37.4 Å². The van der Waals surface area contributed by atoms with Crippen LogP contribution in [0.2, 0.25) is 13.1 Å². The van der Waals surface area contributed by atoms with E-state index < -0.39 is 15.0 Å². The van der Waals surface area contributed by atoms with Crippen molar-refractivity contribution in [3.8, 4) is 0 Å². The van der Waals surface area contributed by atoms with Gasteiger partial charge in [0.2, 0.25) is 0 Å². The van der Waals surface area contributed by atoms with Gasteiger partial charge >= 0.3 is 0 Å². The van der Waals surface area contributed by atoms with Gasteiger partial charge in [0.25, 0.3) is 5.97 Å². The predicted octanol–water partition coefficient (Wildman–Crippen LogP) is 2.49. The zero-order valence-corrected chi connectivity index (χ0v) is 16.2. The smallest absolute Gasteiger partial charge is 0.300 e. The third kappa shape index (κ3) is 12.9. The van der Waals surface area contributed by atoms with Crippen molar-refractivity contribution in [2.75, 3.05) is 13.1 Å². The number of carboxylic acid groups (broad SMARTS) is 1. The minimum Gasteiger partial charge on any atom is -0.481 e. The Morgan fingerprint density at radius 1 is 1.36 bits per heavy atom. The van der Waals surface area contributed by atoms with Crippen molar-refractivity contribution in [2.24, 2.45) is 0 Å². The minimum atomic E-state index is -0.833. The lowest BCUT2D eigenvalue weighted by molar-refractivity contribution is -0.134. The molecule has 0 aromatic heterocycles. The highest BCUT2D eigenvalue weighted by molar-refractivity contribution is 6.48. The van der Waals surface area contributed by atoms with Crippen LogP contribution < -0.4 is 10.6 Å². The van der Waals surface area contributed by atoms with Crippen LogP contribution in [0.1, 0.15) is 47.0 Å². The third-order valence-corrected chi connectivity index (χ3v) is 4.05. The topological polar surface area (TPSA) is 70.6 Å². The number of carbonyl (C=O) groups is 1. The molecular formula is C16H34N2O3Si. The van der Waals surface area contributed by atoms with Crippen molar-refractivity contribution in [1.29, 1.82) is 0 Å². The molecule has 22 heavy (non-hydrogen) atoms. The number of piperazine rings is 1. The number of hydrogen-bond donors (Lipinski definition) is 3. The molecule has 0 aromatic rings. The number of hydrogen-bond acceptors (Lipinski definition) is 4. The summed E-state index contributed by atoms with van der Waals surface area (Å²) in [5.74, 6) is -0.833. The van der Waals surface area contributed by atoms with Crippen LogP contribution in [0.5, 0.6) is 0 Å². The van der Waals surface area contributed by atoms with E-state index >= 15 is 0 Å². The monoisotopic (exact) mass is 330 g/mol. The first-order valence-corrected chi connectivity index (χ1v) is 10.9. The van der Waals surface area contributed by atoms with Crippen LogP contribution in [0.15, 0.2) is 11.8 Å². The average molecular weight is 331 g/mol. The van der Waals surface area contributed by atoms with Gasteiger partial charge in [0.1, 0.15) is 0 Å². The number of rotatable bonds is 1. The van der Waals surface area contributed by atoms with Gasteiger partial charge in [-0.25, -0.2) is 0 Å². The van der Waals surface area contributed by atoms with Gasteiger partial charge in [-0.15, -0.1) is 0 Å². The Hall–Kier alpha value is -0.853. The molecule has 130 valence electrons. The molecule has 5 nitrogen and oxygen atoms in total. The molecule has 0 bridgehead atoms. The van der Waals surface area contributed by atoms with Crippen molar-refractivity contribution >= 4 is 15.0 Å². The maximum Gasteiger partial charge on any atom is 0.300 e. The molecule has 0 radical (unpaired) electrons. The largest absolute Gasteiger partial charge is 0.481 e. The van der Waals surface area contributed by atoms with Crippen molar-refractivity contribution in [2.45, 2.75) is 71.7 Å². The Balaban J connectivity index is 0.000000332. The molecule has 1 atom stereocenters. The first kappa shape index (κ1) is 21.1. The standard InChI is InChI=1S/C8H14N2.C6H16OSi.C2H4O2/c1-2-4-8-7(3-1)9-5-6-10-8;1-6(2,3)7-8(4)5;1-2(3)4/h3,8-10H,1-2,4-6H2;8H,1-5H3;1H3,(H,3,4). The number of carboxylic acids is 1. The predicted molar refractivity (Wildman–Crippen MR) is 94.8 cm³/mol. The Labute approximate surface area is 137 Å². The number of nitrogens with one attached hydrogen (secondary N) is 2. The lowest BCUT2D eigenvalue weighted by atomic mass is 9.98. The van der Waals surface area contributed by atoms with E-state index in [1.54, 1.807) is 0 Å². The number of aliphatic carboxylic acids is 1. The summed E-state index contributed by atoms with van der Waals surface area (Å²) in [6.07, 6.45) is 6.27. The molecule has 0 amide bonds. The summed E-state index contributed by atoms with van der Waals surface area (Å²) in [7, 11) is -0.796. The zero-order chi connectivity index (χ0) is 17.2. The summed E-state index contributed by atoms with van der Waals surface area (Å²) in [6.45, 7) is 14.0. The van der Waals surface area contributed by atoms with Crippen LogP contribution in [0.3, 0.4) is 0 Å². The highest BCUT2D eigenvalue weighted by Crippen LogP contribution is 2.17. The average Bonchev–Trinajstić information content (AvgIpc) is 2.36. The second kappa shape index (κ2) is 10.8. The zero-order valence-electron chi connectivity index (χ0n) is 15.0. The van der Waals surface area contributed by atoms with Gasteiger partial charge in [-0.2, -0.15) is 0 Å². The Bertz CT molecular complexity index is 348. The molecule has 0 aromatic carbocycles. The fourth-order valence-electron chi connectivity index (χ4n) is 2.45. The Morgan fingerprint density at radius 2 is 1.95 bits per heavy atom. The van der Waals surface area contributed by atoms with Crippen molar-refractivity contribution in [3.05, 3.63) is 11.8 Å².